The molecule has 2 heterocycles. The Morgan fingerprint density at radius 1 is 1.04 bits per heavy atom. The average Bonchev–Trinajstić information content (AvgIpc) is 2.67. The zero-order valence-corrected chi connectivity index (χ0v) is 13.7. The molecule has 3 atom stereocenters. The van der Waals surface area contributed by atoms with Gasteiger partial charge < -0.3 is 14.7 Å². The predicted molar refractivity (Wildman–Crippen MR) is 83.3 cm³/mol. The zero-order chi connectivity index (χ0) is 16.6. The Labute approximate surface area is 134 Å². The number of amides is 1. The molecular formula is C16H21FNO4P. The van der Waals surface area contributed by atoms with Crippen LogP contribution in [0, 0.1) is 5.82 Å². The molecule has 1 aromatic carbocycles. The lowest BCUT2D eigenvalue weighted by atomic mass is 9.89. The van der Waals surface area contributed by atoms with Gasteiger partial charge in [0, 0.05) is 6.04 Å². The topological polar surface area (TPSA) is 77.8 Å². The fraction of sp³-hybridized carbons (Fsp3) is 0.562. The smallest absolute Gasteiger partial charge is 0.332 e. The Hall–Kier alpha value is -1.23. The minimum Gasteiger partial charge on any atom is -0.332 e. The Kier molecular flexibility index (Phi) is 4.59. The van der Waals surface area contributed by atoms with Gasteiger partial charge in [-0.1, -0.05) is 12.1 Å². The van der Waals surface area contributed by atoms with Crippen LogP contribution in [0.5, 0.6) is 0 Å². The van der Waals surface area contributed by atoms with Gasteiger partial charge in [-0.15, -0.1) is 0 Å². The normalized spacial score (nSPS) is 29.1. The minimum absolute atomic E-state index is 0.0165. The van der Waals surface area contributed by atoms with Crippen molar-refractivity contribution in [2.75, 3.05) is 0 Å². The van der Waals surface area contributed by atoms with Crippen molar-refractivity contribution in [3.05, 3.63) is 35.6 Å². The molecule has 3 rings (SSSR count). The molecular weight excluding hydrogens is 320 g/mol. The maximum absolute atomic E-state index is 13.2. The molecule has 1 aromatic rings. The van der Waals surface area contributed by atoms with Crippen molar-refractivity contribution in [1.82, 2.24) is 4.90 Å². The summed E-state index contributed by atoms with van der Waals surface area (Å²) in [6.07, 6.45) is 4.18. The Morgan fingerprint density at radius 3 is 2.26 bits per heavy atom. The summed E-state index contributed by atoms with van der Waals surface area (Å²) in [4.78, 5) is 33.6. The van der Waals surface area contributed by atoms with Crippen LogP contribution in [-0.4, -0.2) is 32.3 Å². The van der Waals surface area contributed by atoms with Gasteiger partial charge in [-0.25, -0.2) is 4.39 Å². The summed E-state index contributed by atoms with van der Waals surface area (Å²) in [5.41, 5.74) is -0.413. The molecule has 0 aromatic heterocycles. The van der Waals surface area contributed by atoms with Crippen molar-refractivity contribution < 1.29 is 23.5 Å². The number of benzene rings is 1. The molecule has 2 N–H and O–H groups in total. The van der Waals surface area contributed by atoms with E-state index in [-0.39, 0.29) is 24.3 Å². The lowest BCUT2D eigenvalue weighted by Crippen LogP contribution is -2.48. The van der Waals surface area contributed by atoms with Gasteiger partial charge in [-0.2, -0.15) is 0 Å². The largest absolute Gasteiger partial charge is 0.337 e. The van der Waals surface area contributed by atoms with E-state index in [1.54, 1.807) is 17.0 Å². The molecule has 0 spiro atoms. The number of carbonyl (C=O) groups excluding carboxylic acids is 1. The van der Waals surface area contributed by atoms with Gasteiger partial charge in [0.15, 0.2) is 0 Å². The summed E-state index contributed by atoms with van der Waals surface area (Å²) in [5, 5.41) is 0. The fourth-order valence-corrected chi connectivity index (χ4v) is 4.80. The predicted octanol–water partition coefficient (Wildman–Crippen LogP) is 2.98. The molecule has 0 radical (unpaired) electrons. The highest BCUT2D eigenvalue weighted by Crippen LogP contribution is 2.49. The Balaban J connectivity index is 1.96. The number of nitrogens with zero attached hydrogens (tertiary/aromatic N) is 1. The molecule has 1 unspecified atom stereocenters. The maximum atomic E-state index is 13.2. The van der Waals surface area contributed by atoms with Crippen molar-refractivity contribution in [3.8, 4) is 0 Å². The van der Waals surface area contributed by atoms with Crippen molar-refractivity contribution in [1.29, 1.82) is 0 Å². The van der Waals surface area contributed by atoms with Gasteiger partial charge in [-0.05, 0) is 56.2 Å². The van der Waals surface area contributed by atoms with Crippen LogP contribution < -0.4 is 0 Å². The van der Waals surface area contributed by atoms with E-state index in [0.717, 1.165) is 31.2 Å². The molecule has 2 aliphatic rings. The molecule has 2 fully saturated rings. The zero-order valence-electron chi connectivity index (χ0n) is 12.8. The highest BCUT2D eigenvalue weighted by molar-refractivity contribution is 7.53. The van der Waals surface area contributed by atoms with Crippen LogP contribution >= 0.6 is 7.60 Å². The third-order valence-electron chi connectivity index (χ3n) is 4.96. The van der Waals surface area contributed by atoms with Crippen molar-refractivity contribution in [2.24, 2.45) is 0 Å². The van der Waals surface area contributed by atoms with E-state index in [1.807, 2.05) is 0 Å². The second-order valence-electron chi connectivity index (χ2n) is 6.43. The third kappa shape index (κ3) is 3.35. The molecule has 1 amide bonds. The second kappa shape index (κ2) is 6.34. The first-order chi connectivity index (χ1) is 10.9. The van der Waals surface area contributed by atoms with E-state index in [0.29, 0.717) is 6.42 Å². The van der Waals surface area contributed by atoms with E-state index in [4.69, 9.17) is 0 Å². The lowest BCUT2D eigenvalue weighted by molar-refractivity contribution is -0.137. The van der Waals surface area contributed by atoms with Gasteiger partial charge >= 0.3 is 7.60 Å². The molecule has 0 saturated carbocycles. The van der Waals surface area contributed by atoms with Gasteiger partial charge in [0.2, 0.25) is 5.91 Å². The van der Waals surface area contributed by atoms with Crippen LogP contribution in [0.25, 0.3) is 0 Å². The van der Waals surface area contributed by atoms with Gasteiger partial charge in [-0.3, -0.25) is 9.36 Å². The highest BCUT2D eigenvalue weighted by Gasteiger charge is 2.45. The summed E-state index contributed by atoms with van der Waals surface area (Å²) >= 11 is 0. The average molecular weight is 341 g/mol. The van der Waals surface area contributed by atoms with E-state index in [2.05, 4.69) is 0 Å². The van der Waals surface area contributed by atoms with E-state index >= 15 is 0 Å². The summed E-state index contributed by atoms with van der Waals surface area (Å²) < 4.78 is 24.9. The SMILES string of the molecule is O=C1C(P(=O)(O)O)CCC[C@@H]2CCC[C@H](c3ccc(F)cc3)N12. The molecule has 126 valence electrons. The van der Waals surface area contributed by atoms with Crippen LogP contribution in [0.1, 0.15) is 50.1 Å². The number of hydrogen-bond donors (Lipinski definition) is 2. The van der Waals surface area contributed by atoms with Gasteiger partial charge in [0.05, 0.1) is 6.04 Å². The first-order valence-corrected chi connectivity index (χ1v) is 9.69. The second-order valence-corrected chi connectivity index (χ2v) is 8.23. The summed E-state index contributed by atoms with van der Waals surface area (Å²) in [6, 6.07) is 5.83. The number of rotatable bonds is 2. The Morgan fingerprint density at radius 2 is 1.65 bits per heavy atom. The standard InChI is InChI=1S/C16H21FNO4P/c17-12-9-7-11(8-10-12)14-5-1-3-13-4-2-6-15(23(20,21)22)16(19)18(13)14/h7-10,13-15H,1-6H2,(H2,20,21,22)/t13-,14+,15?/m0/s1. The van der Waals surface area contributed by atoms with Crippen molar-refractivity contribution in [3.63, 3.8) is 0 Å². The lowest BCUT2D eigenvalue weighted by Gasteiger charge is -2.42. The minimum atomic E-state index is -4.47. The maximum Gasteiger partial charge on any atom is 0.337 e. The summed E-state index contributed by atoms with van der Waals surface area (Å²) in [6.45, 7) is 0. The van der Waals surface area contributed by atoms with Crippen molar-refractivity contribution in [2.45, 2.75) is 56.3 Å². The number of hydrogen-bond acceptors (Lipinski definition) is 2. The number of fused-ring (bicyclic) bond motifs is 1. The summed E-state index contributed by atoms with van der Waals surface area (Å²) in [5.74, 6) is -0.786. The van der Waals surface area contributed by atoms with Crippen LogP contribution in [0.4, 0.5) is 4.39 Å². The number of halogens is 1. The molecule has 5 nitrogen and oxygen atoms in total. The van der Waals surface area contributed by atoms with Crippen LogP contribution in [0.2, 0.25) is 0 Å². The first-order valence-electron chi connectivity index (χ1n) is 8.01. The van der Waals surface area contributed by atoms with Gasteiger partial charge in [0.1, 0.15) is 11.5 Å². The number of carbonyl (C=O) groups is 1. The summed E-state index contributed by atoms with van der Waals surface area (Å²) in [7, 11) is -4.47. The van der Waals surface area contributed by atoms with E-state index < -0.39 is 19.2 Å². The monoisotopic (exact) mass is 341 g/mol. The van der Waals surface area contributed by atoms with E-state index in [1.165, 1.54) is 12.1 Å². The van der Waals surface area contributed by atoms with Crippen LogP contribution in [0.15, 0.2) is 24.3 Å². The molecule has 0 aliphatic carbocycles. The molecule has 7 heteroatoms. The van der Waals surface area contributed by atoms with Crippen molar-refractivity contribution >= 4 is 13.5 Å². The quantitative estimate of drug-likeness (QED) is 0.811. The van der Waals surface area contributed by atoms with Gasteiger partial charge in [0.25, 0.3) is 0 Å². The van der Waals surface area contributed by atoms with E-state index in [9.17, 15) is 23.5 Å². The highest BCUT2D eigenvalue weighted by atomic mass is 31.2. The fourth-order valence-electron chi connectivity index (χ4n) is 3.86. The number of piperidine rings is 1. The Bertz CT molecular complexity index is 629. The van der Waals surface area contributed by atoms with Crippen LogP contribution in [0.3, 0.4) is 0 Å². The van der Waals surface area contributed by atoms with Crippen LogP contribution in [-0.2, 0) is 9.36 Å². The molecule has 0 bridgehead atoms. The molecule has 2 aliphatic heterocycles. The molecule has 2 saturated heterocycles. The first kappa shape index (κ1) is 16.6. The molecule has 23 heavy (non-hydrogen) atoms. The third-order valence-corrected chi connectivity index (χ3v) is 6.25.